The monoisotopic (exact) mass is 272 g/mol. The molecule has 0 spiro atoms. The molecule has 1 atom stereocenters. The van der Waals surface area contributed by atoms with E-state index in [0.29, 0.717) is 12.2 Å². The van der Waals surface area contributed by atoms with Crippen LogP contribution >= 0.6 is 0 Å². The first-order valence-electron chi connectivity index (χ1n) is 7.05. The van der Waals surface area contributed by atoms with Crippen molar-refractivity contribution in [3.63, 3.8) is 0 Å². The molecule has 0 amide bonds. The van der Waals surface area contributed by atoms with Crippen LogP contribution in [-0.2, 0) is 4.79 Å². The molecule has 0 aliphatic heterocycles. The van der Waals surface area contributed by atoms with E-state index >= 15 is 0 Å². The summed E-state index contributed by atoms with van der Waals surface area (Å²) < 4.78 is 0. The molecule has 0 N–H and O–H groups in total. The Kier molecular flexibility index (Phi) is 4.98. The number of carbonyl (C=O) groups is 1. The molecule has 5 nitrogen and oxygen atoms in total. The minimum Gasteiger partial charge on any atom is -0.300 e. The number of carbonyl (C=O) groups excluding carboxylic acids is 1. The maximum atomic E-state index is 11.4. The van der Waals surface area contributed by atoms with E-state index in [0.717, 1.165) is 24.8 Å². The van der Waals surface area contributed by atoms with Gasteiger partial charge >= 0.3 is 0 Å². The number of hydrogen-bond donors (Lipinski definition) is 0. The number of Topliss-reactive ketones (excluding diaryl/α,β-unsaturated/α-hetero) is 1. The Hall–Kier alpha value is -2.04. The van der Waals surface area contributed by atoms with Gasteiger partial charge in [-0.3, -0.25) is 4.79 Å². The van der Waals surface area contributed by atoms with Crippen LogP contribution < -0.4 is 0 Å². The Labute approximate surface area is 119 Å². The van der Waals surface area contributed by atoms with Gasteiger partial charge in [0.05, 0.1) is 6.04 Å². The third-order valence-electron chi connectivity index (χ3n) is 3.20. The smallest absolute Gasteiger partial charge is 0.204 e. The molecule has 1 aromatic heterocycles. The van der Waals surface area contributed by atoms with Crippen LogP contribution in [0.3, 0.4) is 0 Å². The summed E-state index contributed by atoms with van der Waals surface area (Å²) in [7, 11) is 0. The summed E-state index contributed by atoms with van der Waals surface area (Å²) in [4.78, 5) is 13.0. The summed E-state index contributed by atoms with van der Waals surface area (Å²) in [5, 5.41) is 12.6. The van der Waals surface area contributed by atoms with Crippen molar-refractivity contribution < 1.29 is 4.79 Å². The average molecular weight is 272 g/mol. The van der Waals surface area contributed by atoms with E-state index in [-0.39, 0.29) is 11.8 Å². The number of ketones is 1. The first-order chi connectivity index (χ1) is 9.70. The van der Waals surface area contributed by atoms with Gasteiger partial charge in [-0.15, -0.1) is 10.2 Å². The van der Waals surface area contributed by atoms with E-state index in [2.05, 4.69) is 22.3 Å². The van der Waals surface area contributed by atoms with Crippen LogP contribution in [0.25, 0.3) is 11.4 Å². The lowest BCUT2D eigenvalue weighted by molar-refractivity contribution is -0.117. The molecular weight excluding hydrogens is 252 g/mol. The zero-order chi connectivity index (χ0) is 14.4. The maximum absolute atomic E-state index is 11.4. The largest absolute Gasteiger partial charge is 0.300 e. The van der Waals surface area contributed by atoms with Crippen LogP contribution in [-0.4, -0.2) is 26.0 Å². The standard InChI is InChI=1S/C15H20N4O/c1-3-4-10-14(11-12(2)20)19-17-15(16-18-19)13-8-6-5-7-9-13/h5-9,14H,3-4,10-11H2,1-2H3/t14-/m0/s1. The second-order valence-corrected chi connectivity index (χ2v) is 5.00. The summed E-state index contributed by atoms with van der Waals surface area (Å²) >= 11 is 0. The van der Waals surface area contributed by atoms with E-state index in [9.17, 15) is 4.79 Å². The van der Waals surface area contributed by atoms with Gasteiger partial charge in [0, 0.05) is 12.0 Å². The molecule has 2 aromatic rings. The molecule has 5 heteroatoms. The third kappa shape index (κ3) is 3.73. The summed E-state index contributed by atoms with van der Waals surface area (Å²) in [6.45, 7) is 3.74. The molecule has 2 rings (SSSR count). The van der Waals surface area contributed by atoms with Crippen molar-refractivity contribution in [1.29, 1.82) is 0 Å². The topological polar surface area (TPSA) is 60.7 Å². The zero-order valence-corrected chi connectivity index (χ0v) is 12.0. The number of aromatic nitrogens is 4. The minimum absolute atomic E-state index is 0.0115. The Bertz CT molecular complexity index is 550. The van der Waals surface area contributed by atoms with E-state index in [1.54, 1.807) is 11.7 Å². The Morgan fingerprint density at radius 2 is 2.05 bits per heavy atom. The molecule has 1 aromatic carbocycles. The van der Waals surface area contributed by atoms with Gasteiger partial charge in [0.1, 0.15) is 5.78 Å². The van der Waals surface area contributed by atoms with E-state index in [1.807, 2.05) is 30.3 Å². The average Bonchev–Trinajstić information content (AvgIpc) is 2.94. The first kappa shape index (κ1) is 14.4. The molecule has 0 aliphatic rings. The van der Waals surface area contributed by atoms with Crippen molar-refractivity contribution in [2.45, 2.75) is 45.6 Å². The molecule has 0 aliphatic carbocycles. The lowest BCUT2D eigenvalue weighted by atomic mass is 10.1. The SMILES string of the molecule is CCCC[C@@H](CC(C)=O)n1nnc(-c2ccccc2)n1. The molecule has 106 valence electrons. The van der Waals surface area contributed by atoms with Gasteiger partial charge in [0.2, 0.25) is 5.82 Å². The van der Waals surface area contributed by atoms with Crippen molar-refractivity contribution in [1.82, 2.24) is 20.2 Å². The fourth-order valence-corrected chi connectivity index (χ4v) is 2.15. The maximum Gasteiger partial charge on any atom is 0.204 e. The molecule has 0 saturated heterocycles. The number of hydrogen-bond acceptors (Lipinski definition) is 4. The van der Waals surface area contributed by atoms with Gasteiger partial charge in [0.25, 0.3) is 0 Å². The lowest BCUT2D eigenvalue weighted by Crippen LogP contribution is -2.15. The van der Waals surface area contributed by atoms with Gasteiger partial charge < -0.3 is 0 Å². The highest BCUT2D eigenvalue weighted by atomic mass is 16.1. The molecule has 0 radical (unpaired) electrons. The summed E-state index contributed by atoms with van der Waals surface area (Å²) in [6, 6.07) is 9.76. The molecular formula is C15H20N4O. The number of benzene rings is 1. The quantitative estimate of drug-likeness (QED) is 0.777. The predicted molar refractivity (Wildman–Crippen MR) is 77.1 cm³/mol. The minimum atomic E-state index is 0.0115. The molecule has 0 fully saturated rings. The van der Waals surface area contributed by atoms with Gasteiger partial charge in [-0.2, -0.15) is 4.80 Å². The van der Waals surface area contributed by atoms with Crippen molar-refractivity contribution in [2.24, 2.45) is 0 Å². The van der Waals surface area contributed by atoms with Crippen LogP contribution in [0, 0.1) is 0 Å². The normalized spacial score (nSPS) is 12.3. The number of nitrogens with zero attached hydrogens (tertiary/aromatic N) is 4. The highest BCUT2D eigenvalue weighted by molar-refractivity contribution is 5.75. The molecule has 0 unspecified atom stereocenters. The van der Waals surface area contributed by atoms with Crippen LogP contribution in [0.4, 0.5) is 0 Å². The fraction of sp³-hybridized carbons (Fsp3) is 0.467. The lowest BCUT2D eigenvalue weighted by Gasteiger charge is -2.12. The second-order valence-electron chi connectivity index (χ2n) is 5.00. The van der Waals surface area contributed by atoms with Crippen LogP contribution in [0.5, 0.6) is 0 Å². The van der Waals surface area contributed by atoms with Gasteiger partial charge in [-0.1, -0.05) is 50.1 Å². The van der Waals surface area contributed by atoms with Gasteiger partial charge in [-0.25, -0.2) is 0 Å². The highest BCUT2D eigenvalue weighted by Gasteiger charge is 2.17. The molecule has 0 saturated carbocycles. The third-order valence-corrected chi connectivity index (χ3v) is 3.20. The van der Waals surface area contributed by atoms with Crippen LogP contribution in [0.2, 0.25) is 0 Å². The van der Waals surface area contributed by atoms with Crippen molar-refractivity contribution in [3.8, 4) is 11.4 Å². The number of rotatable bonds is 7. The van der Waals surface area contributed by atoms with Crippen molar-refractivity contribution >= 4 is 5.78 Å². The van der Waals surface area contributed by atoms with Crippen molar-refractivity contribution in [2.75, 3.05) is 0 Å². The van der Waals surface area contributed by atoms with Crippen molar-refractivity contribution in [3.05, 3.63) is 30.3 Å². The van der Waals surface area contributed by atoms with Crippen LogP contribution in [0.1, 0.15) is 45.6 Å². The van der Waals surface area contributed by atoms with E-state index in [1.165, 1.54) is 0 Å². The van der Waals surface area contributed by atoms with Gasteiger partial charge in [-0.05, 0) is 18.6 Å². The van der Waals surface area contributed by atoms with Gasteiger partial charge in [0.15, 0.2) is 0 Å². The highest BCUT2D eigenvalue weighted by Crippen LogP contribution is 2.19. The Balaban J connectivity index is 2.17. The van der Waals surface area contributed by atoms with E-state index < -0.39 is 0 Å². The summed E-state index contributed by atoms with van der Waals surface area (Å²) in [5.74, 6) is 0.764. The molecule has 0 bridgehead atoms. The van der Waals surface area contributed by atoms with E-state index in [4.69, 9.17) is 0 Å². The molecule has 20 heavy (non-hydrogen) atoms. The summed E-state index contributed by atoms with van der Waals surface area (Å²) in [5.41, 5.74) is 0.941. The zero-order valence-electron chi connectivity index (χ0n) is 12.0. The first-order valence-corrected chi connectivity index (χ1v) is 7.05. The second kappa shape index (κ2) is 6.93. The van der Waals surface area contributed by atoms with Crippen LogP contribution in [0.15, 0.2) is 30.3 Å². The molecule has 1 heterocycles. The summed E-state index contributed by atoms with van der Waals surface area (Å²) in [6.07, 6.45) is 3.51. The predicted octanol–water partition coefficient (Wildman–Crippen LogP) is 3.05. The Morgan fingerprint density at radius 3 is 2.70 bits per heavy atom. The number of tetrazole rings is 1. The Morgan fingerprint density at radius 1 is 1.30 bits per heavy atom. The number of unbranched alkanes of at least 4 members (excludes halogenated alkanes) is 1. The fourth-order valence-electron chi connectivity index (χ4n) is 2.15.